The first-order chi connectivity index (χ1) is 17.4. The van der Waals surface area contributed by atoms with Gasteiger partial charge in [0.25, 0.3) is 11.6 Å². The largest absolute Gasteiger partial charge is 0.494 e. The first-order valence-electron chi connectivity index (χ1n) is 12.5. The monoisotopic (exact) mass is 496 g/mol. The van der Waals surface area contributed by atoms with E-state index in [-0.39, 0.29) is 17.6 Å². The number of nitrogens with zero attached hydrogens (tertiary/aromatic N) is 1. The van der Waals surface area contributed by atoms with Gasteiger partial charge in [-0.2, -0.15) is 0 Å². The zero-order valence-electron chi connectivity index (χ0n) is 21.0. The summed E-state index contributed by atoms with van der Waals surface area (Å²) in [6, 6.07) is 12.6. The van der Waals surface area contributed by atoms with E-state index in [1.807, 2.05) is 0 Å². The lowest BCUT2D eigenvalue weighted by Crippen LogP contribution is -2.11. The number of ether oxygens (including phenoxy) is 2. The molecule has 0 saturated heterocycles. The summed E-state index contributed by atoms with van der Waals surface area (Å²) in [4.78, 5) is 33.8. The third-order valence-electron chi connectivity index (χ3n) is 5.59. The van der Waals surface area contributed by atoms with Crippen molar-refractivity contribution in [2.75, 3.05) is 18.5 Å². The molecule has 36 heavy (non-hydrogen) atoms. The van der Waals surface area contributed by atoms with Gasteiger partial charge in [-0.25, -0.2) is 4.79 Å². The van der Waals surface area contributed by atoms with E-state index in [2.05, 4.69) is 11.9 Å². The quantitative estimate of drug-likeness (QED) is 0.0843. The van der Waals surface area contributed by atoms with Crippen molar-refractivity contribution in [1.82, 2.24) is 0 Å². The van der Waals surface area contributed by atoms with Crippen LogP contribution in [0.4, 0.5) is 11.4 Å². The fraction of sp³-hybridized carbons (Fsp3) is 0.429. The van der Waals surface area contributed by atoms with Crippen molar-refractivity contribution in [2.45, 2.75) is 64.7 Å². The molecule has 8 heteroatoms. The maximum Gasteiger partial charge on any atom is 0.333 e. The zero-order valence-corrected chi connectivity index (χ0v) is 21.0. The highest BCUT2D eigenvalue weighted by molar-refractivity contribution is 6.04. The number of esters is 1. The van der Waals surface area contributed by atoms with Crippen molar-refractivity contribution in [2.24, 2.45) is 0 Å². The summed E-state index contributed by atoms with van der Waals surface area (Å²) in [5, 5.41) is 13.4. The summed E-state index contributed by atoms with van der Waals surface area (Å²) in [6.45, 7) is 6.33. The molecule has 8 nitrogen and oxygen atoms in total. The van der Waals surface area contributed by atoms with Crippen LogP contribution >= 0.6 is 0 Å². The molecule has 194 valence electrons. The van der Waals surface area contributed by atoms with Crippen LogP contribution in [0.25, 0.3) is 0 Å². The van der Waals surface area contributed by atoms with Gasteiger partial charge in [0.2, 0.25) is 0 Å². The van der Waals surface area contributed by atoms with Gasteiger partial charge in [0, 0.05) is 29.0 Å². The highest BCUT2D eigenvalue weighted by Crippen LogP contribution is 2.18. The first kappa shape index (κ1) is 28.6. The lowest BCUT2D eigenvalue weighted by Gasteiger charge is -2.08. The number of benzene rings is 2. The lowest BCUT2D eigenvalue weighted by molar-refractivity contribution is -0.384. The Bertz CT molecular complexity index is 986. The molecule has 0 saturated carbocycles. The van der Waals surface area contributed by atoms with E-state index in [1.165, 1.54) is 49.9 Å². The fourth-order valence-electron chi connectivity index (χ4n) is 3.49. The fourth-order valence-corrected chi connectivity index (χ4v) is 3.49. The van der Waals surface area contributed by atoms with Gasteiger partial charge in [0.1, 0.15) is 5.75 Å². The maximum atomic E-state index is 12.4. The number of carbonyl (C=O) groups is 2. The van der Waals surface area contributed by atoms with Crippen LogP contribution in [0.5, 0.6) is 5.75 Å². The predicted molar refractivity (Wildman–Crippen MR) is 140 cm³/mol. The lowest BCUT2D eigenvalue weighted by atomic mass is 10.1. The highest BCUT2D eigenvalue weighted by atomic mass is 16.6. The van der Waals surface area contributed by atoms with Crippen molar-refractivity contribution in [1.29, 1.82) is 0 Å². The number of hydrogen-bond acceptors (Lipinski definition) is 6. The molecule has 2 aromatic rings. The number of anilines is 1. The van der Waals surface area contributed by atoms with Crippen LogP contribution < -0.4 is 10.1 Å². The van der Waals surface area contributed by atoms with E-state index in [9.17, 15) is 19.7 Å². The van der Waals surface area contributed by atoms with Crippen LogP contribution in [0.15, 0.2) is 60.7 Å². The van der Waals surface area contributed by atoms with Gasteiger partial charge >= 0.3 is 5.97 Å². The summed E-state index contributed by atoms with van der Waals surface area (Å²) in [6.07, 6.45) is 10.1. The third kappa shape index (κ3) is 11.2. The van der Waals surface area contributed by atoms with Crippen molar-refractivity contribution in [3.05, 3.63) is 76.4 Å². The molecule has 2 rings (SSSR count). The van der Waals surface area contributed by atoms with Crippen LogP contribution in [-0.2, 0) is 9.53 Å². The standard InChI is InChI=1S/C28H36N2O6/c1-22(2)28(32)36-21-11-9-7-5-3-4-6-8-10-20-35-26-18-12-23(13-19-26)27(31)29-24-14-16-25(17-15-24)30(33)34/h12-19H,1,3-11,20-21H2,2H3,(H,29,31). The topological polar surface area (TPSA) is 108 Å². The van der Waals surface area contributed by atoms with Crippen molar-refractivity contribution in [3.63, 3.8) is 0 Å². The molecule has 0 bridgehead atoms. The second-order valence-corrected chi connectivity index (χ2v) is 8.73. The van der Waals surface area contributed by atoms with E-state index >= 15 is 0 Å². The Kier molecular flexibility index (Phi) is 12.8. The molecule has 0 unspecified atom stereocenters. The number of carbonyl (C=O) groups excluding carboxylic acids is 2. The normalized spacial score (nSPS) is 10.5. The Hall–Kier alpha value is -3.68. The van der Waals surface area contributed by atoms with Gasteiger partial charge in [-0.3, -0.25) is 14.9 Å². The minimum Gasteiger partial charge on any atom is -0.494 e. The summed E-state index contributed by atoms with van der Waals surface area (Å²) in [5.41, 5.74) is 1.39. The van der Waals surface area contributed by atoms with Crippen molar-refractivity contribution < 1.29 is 24.0 Å². The van der Waals surface area contributed by atoms with Crippen LogP contribution in [-0.4, -0.2) is 30.0 Å². The van der Waals surface area contributed by atoms with Crippen LogP contribution in [0.1, 0.15) is 75.1 Å². The van der Waals surface area contributed by atoms with E-state index in [0.29, 0.717) is 30.0 Å². The van der Waals surface area contributed by atoms with Crippen LogP contribution in [0.2, 0.25) is 0 Å². The Balaban J connectivity index is 1.50. The van der Waals surface area contributed by atoms with Gasteiger partial charge in [-0.15, -0.1) is 0 Å². The molecule has 0 atom stereocenters. The highest BCUT2D eigenvalue weighted by Gasteiger charge is 2.09. The second kappa shape index (κ2) is 16.1. The molecular weight excluding hydrogens is 460 g/mol. The Morgan fingerprint density at radius 2 is 1.36 bits per heavy atom. The summed E-state index contributed by atoms with van der Waals surface area (Å²) in [5.74, 6) is 0.123. The van der Waals surface area contributed by atoms with E-state index in [1.54, 1.807) is 31.2 Å². The van der Waals surface area contributed by atoms with Crippen molar-refractivity contribution in [3.8, 4) is 5.75 Å². The molecule has 0 aliphatic heterocycles. The number of unbranched alkanes of at least 4 members (excludes halogenated alkanes) is 8. The summed E-state index contributed by atoms with van der Waals surface area (Å²) in [7, 11) is 0. The number of nitrogens with one attached hydrogen (secondary N) is 1. The molecular formula is C28H36N2O6. The summed E-state index contributed by atoms with van der Waals surface area (Å²) < 4.78 is 10.9. The van der Waals surface area contributed by atoms with Crippen molar-refractivity contribution >= 4 is 23.3 Å². The molecule has 2 aromatic carbocycles. The molecule has 0 radical (unpaired) electrons. The Labute approximate surface area is 212 Å². The molecule has 0 fully saturated rings. The van der Waals surface area contributed by atoms with Gasteiger partial charge in [0.05, 0.1) is 18.1 Å². The SMILES string of the molecule is C=C(C)C(=O)OCCCCCCCCCCCOc1ccc(C(=O)Nc2ccc([N+](=O)[O-])cc2)cc1. The zero-order chi connectivity index (χ0) is 26.2. The van der Waals surface area contributed by atoms with Gasteiger partial charge in [0.15, 0.2) is 0 Å². The molecule has 0 heterocycles. The molecule has 0 aliphatic carbocycles. The summed E-state index contributed by atoms with van der Waals surface area (Å²) >= 11 is 0. The molecule has 0 aromatic heterocycles. The second-order valence-electron chi connectivity index (χ2n) is 8.73. The van der Waals surface area contributed by atoms with Crippen LogP contribution in [0, 0.1) is 10.1 Å². The number of nitro groups is 1. The van der Waals surface area contributed by atoms with E-state index < -0.39 is 4.92 Å². The third-order valence-corrected chi connectivity index (χ3v) is 5.59. The van der Waals surface area contributed by atoms with Crippen LogP contribution in [0.3, 0.4) is 0 Å². The number of rotatable bonds is 17. The molecule has 1 N–H and O–H groups in total. The first-order valence-corrected chi connectivity index (χ1v) is 12.5. The van der Waals surface area contributed by atoms with Gasteiger partial charge in [-0.1, -0.05) is 51.5 Å². The average molecular weight is 497 g/mol. The Morgan fingerprint density at radius 1 is 0.833 bits per heavy atom. The Morgan fingerprint density at radius 3 is 1.89 bits per heavy atom. The smallest absolute Gasteiger partial charge is 0.333 e. The number of hydrogen-bond donors (Lipinski definition) is 1. The molecule has 0 spiro atoms. The van der Waals surface area contributed by atoms with Gasteiger partial charge < -0.3 is 14.8 Å². The average Bonchev–Trinajstić information content (AvgIpc) is 2.87. The van der Waals surface area contributed by atoms with Gasteiger partial charge in [-0.05, 0) is 56.2 Å². The predicted octanol–water partition coefficient (Wildman–Crippen LogP) is 6.86. The number of non-ortho nitro benzene ring substituents is 1. The maximum absolute atomic E-state index is 12.4. The minimum atomic E-state index is -0.483. The van der Waals surface area contributed by atoms with E-state index in [0.717, 1.165) is 37.9 Å². The molecule has 0 aliphatic rings. The van der Waals surface area contributed by atoms with E-state index in [4.69, 9.17) is 9.47 Å². The number of nitro benzene ring substituents is 1. The molecule has 1 amide bonds. The minimum absolute atomic E-state index is 0.0260. The number of amides is 1.